The first-order chi connectivity index (χ1) is 7.66. The molecule has 1 aromatic carbocycles. The van der Waals surface area contributed by atoms with Crippen molar-refractivity contribution in [3.8, 4) is 0 Å². The Morgan fingerprint density at radius 3 is 2.88 bits per heavy atom. The number of hydrogen-bond acceptors (Lipinski definition) is 2. The summed E-state index contributed by atoms with van der Waals surface area (Å²) >= 11 is 1.48. The Balaban J connectivity index is 2.07. The van der Waals surface area contributed by atoms with Gasteiger partial charge in [-0.1, -0.05) is 12.1 Å². The zero-order chi connectivity index (χ0) is 11.5. The number of aromatic amines is 2. The Kier molecular flexibility index (Phi) is 3.14. The van der Waals surface area contributed by atoms with Gasteiger partial charge in [0.2, 0.25) is 5.91 Å². The molecule has 16 heavy (non-hydrogen) atoms. The zero-order valence-electron chi connectivity index (χ0n) is 9.28. The SMILES string of the molecule is CN(C)C(=O)CSc1[nH]c2ccccc2[nH+]1. The second-order valence-electron chi connectivity index (χ2n) is 3.70. The van der Waals surface area contributed by atoms with Gasteiger partial charge in [0.15, 0.2) is 11.0 Å². The van der Waals surface area contributed by atoms with Crippen molar-refractivity contribution in [2.24, 2.45) is 0 Å². The fraction of sp³-hybridized carbons (Fsp3) is 0.273. The number of carbonyl (C=O) groups is 1. The lowest BCUT2D eigenvalue weighted by Gasteiger charge is -2.07. The van der Waals surface area contributed by atoms with E-state index in [2.05, 4.69) is 9.97 Å². The summed E-state index contributed by atoms with van der Waals surface area (Å²) in [6, 6.07) is 7.96. The Hall–Kier alpha value is -1.49. The number of carbonyl (C=O) groups excluding carboxylic acids is 1. The molecule has 0 spiro atoms. The number of benzene rings is 1. The van der Waals surface area contributed by atoms with E-state index in [1.165, 1.54) is 11.8 Å². The number of imidazole rings is 1. The van der Waals surface area contributed by atoms with Crippen LogP contribution in [-0.2, 0) is 4.79 Å². The largest absolute Gasteiger partial charge is 0.348 e. The molecule has 0 atom stereocenters. The predicted molar refractivity (Wildman–Crippen MR) is 64.3 cm³/mol. The van der Waals surface area contributed by atoms with Crippen LogP contribution in [0.1, 0.15) is 0 Å². The second kappa shape index (κ2) is 4.57. The molecule has 0 radical (unpaired) electrons. The standard InChI is InChI=1S/C11H13N3OS/c1-14(2)10(15)7-16-11-12-8-5-3-4-6-9(8)13-11/h3-6H,7H2,1-2H3,(H,12,13)/p+1. The first-order valence-corrected chi connectivity index (χ1v) is 5.98. The molecule has 1 heterocycles. The van der Waals surface area contributed by atoms with Crippen LogP contribution < -0.4 is 4.98 Å². The average molecular weight is 236 g/mol. The van der Waals surface area contributed by atoms with Crippen molar-refractivity contribution >= 4 is 28.7 Å². The molecular formula is C11H14N3OS+. The van der Waals surface area contributed by atoms with Crippen molar-refractivity contribution in [2.75, 3.05) is 19.8 Å². The number of para-hydroxylation sites is 2. The van der Waals surface area contributed by atoms with Crippen LogP contribution in [0, 0.1) is 0 Å². The maximum atomic E-state index is 11.4. The third-order valence-electron chi connectivity index (χ3n) is 2.26. The minimum atomic E-state index is 0.108. The first kappa shape index (κ1) is 11.0. The van der Waals surface area contributed by atoms with Crippen LogP contribution in [0.15, 0.2) is 29.4 Å². The molecule has 1 amide bonds. The Morgan fingerprint density at radius 2 is 2.19 bits per heavy atom. The van der Waals surface area contributed by atoms with Gasteiger partial charge in [0.25, 0.3) is 0 Å². The summed E-state index contributed by atoms with van der Waals surface area (Å²) in [5, 5.41) is 0.913. The van der Waals surface area contributed by atoms with E-state index in [1.54, 1.807) is 19.0 Å². The maximum absolute atomic E-state index is 11.4. The average Bonchev–Trinajstić information content (AvgIpc) is 2.68. The summed E-state index contributed by atoms with van der Waals surface area (Å²) in [6.07, 6.45) is 0. The smallest absolute Gasteiger partial charge is 0.315 e. The van der Waals surface area contributed by atoms with Crippen LogP contribution in [0.3, 0.4) is 0 Å². The summed E-state index contributed by atoms with van der Waals surface area (Å²) in [4.78, 5) is 19.5. The van der Waals surface area contributed by atoms with Gasteiger partial charge in [-0.3, -0.25) is 4.79 Å². The van der Waals surface area contributed by atoms with Crippen LogP contribution >= 0.6 is 11.8 Å². The maximum Gasteiger partial charge on any atom is 0.315 e. The van der Waals surface area contributed by atoms with Gasteiger partial charge < -0.3 is 4.90 Å². The third kappa shape index (κ3) is 2.36. The molecule has 1 aromatic heterocycles. The van der Waals surface area contributed by atoms with Gasteiger partial charge in [-0.05, 0) is 23.9 Å². The summed E-state index contributed by atoms with van der Waals surface area (Å²) < 4.78 is 0. The number of nitrogens with zero attached hydrogens (tertiary/aromatic N) is 1. The Morgan fingerprint density at radius 1 is 1.44 bits per heavy atom. The Bertz CT molecular complexity index is 474. The summed E-state index contributed by atoms with van der Waals surface area (Å²) in [5.74, 6) is 0.549. The number of rotatable bonds is 3. The Labute approximate surface area is 98.0 Å². The van der Waals surface area contributed by atoms with Crippen LogP contribution in [0.5, 0.6) is 0 Å². The van der Waals surface area contributed by atoms with Gasteiger partial charge in [0.05, 0.1) is 5.75 Å². The quantitative estimate of drug-likeness (QED) is 0.813. The highest BCUT2D eigenvalue weighted by Crippen LogP contribution is 2.15. The highest BCUT2D eigenvalue weighted by Gasteiger charge is 2.12. The number of nitrogens with one attached hydrogen (secondary N) is 2. The van der Waals surface area contributed by atoms with Crippen molar-refractivity contribution in [2.45, 2.75) is 5.16 Å². The van der Waals surface area contributed by atoms with Crippen molar-refractivity contribution in [3.05, 3.63) is 24.3 Å². The van der Waals surface area contributed by atoms with Crippen LogP contribution in [0.2, 0.25) is 0 Å². The van der Waals surface area contributed by atoms with E-state index >= 15 is 0 Å². The zero-order valence-corrected chi connectivity index (χ0v) is 10.1. The van der Waals surface area contributed by atoms with Crippen LogP contribution in [-0.4, -0.2) is 35.6 Å². The molecule has 2 rings (SSSR count). The van der Waals surface area contributed by atoms with E-state index < -0.39 is 0 Å². The van der Waals surface area contributed by atoms with E-state index in [0.717, 1.165) is 16.2 Å². The molecular weight excluding hydrogens is 222 g/mol. The lowest BCUT2D eigenvalue weighted by molar-refractivity contribution is -0.396. The van der Waals surface area contributed by atoms with Crippen molar-refractivity contribution < 1.29 is 9.78 Å². The number of H-pyrrole nitrogens is 2. The topological polar surface area (TPSA) is 50.2 Å². The number of amides is 1. The molecule has 0 saturated heterocycles. The number of fused-ring (bicyclic) bond motifs is 1. The third-order valence-corrected chi connectivity index (χ3v) is 3.15. The summed E-state index contributed by atoms with van der Waals surface area (Å²) in [5.41, 5.74) is 2.12. The van der Waals surface area contributed by atoms with Gasteiger partial charge in [-0.15, -0.1) is 0 Å². The van der Waals surface area contributed by atoms with Crippen LogP contribution in [0.4, 0.5) is 0 Å². The van der Waals surface area contributed by atoms with Crippen LogP contribution in [0.25, 0.3) is 11.0 Å². The molecule has 0 aliphatic rings. The monoisotopic (exact) mass is 236 g/mol. The highest BCUT2D eigenvalue weighted by atomic mass is 32.2. The molecule has 0 aliphatic carbocycles. The number of thioether (sulfide) groups is 1. The summed E-state index contributed by atoms with van der Waals surface area (Å²) in [6.45, 7) is 0. The molecule has 0 bridgehead atoms. The minimum Gasteiger partial charge on any atom is -0.348 e. The molecule has 0 aliphatic heterocycles. The summed E-state index contributed by atoms with van der Waals surface area (Å²) in [7, 11) is 3.52. The van der Waals surface area contributed by atoms with Gasteiger partial charge in [0.1, 0.15) is 0 Å². The first-order valence-electron chi connectivity index (χ1n) is 5.00. The lowest BCUT2D eigenvalue weighted by atomic mass is 10.3. The predicted octanol–water partition coefficient (Wildman–Crippen LogP) is 1.16. The molecule has 0 unspecified atom stereocenters. The van der Waals surface area contributed by atoms with E-state index in [1.807, 2.05) is 24.3 Å². The van der Waals surface area contributed by atoms with Gasteiger partial charge in [-0.25, -0.2) is 9.97 Å². The van der Waals surface area contributed by atoms with Gasteiger partial charge >= 0.3 is 5.16 Å². The van der Waals surface area contributed by atoms with Crippen molar-refractivity contribution in [1.82, 2.24) is 9.88 Å². The molecule has 0 fully saturated rings. The molecule has 4 nitrogen and oxygen atoms in total. The van der Waals surface area contributed by atoms with E-state index in [0.29, 0.717) is 5.75 Å². The van der Waals surface area contributed by atoms with Crippen molar-refractivity contribution in [1.29, 1.82) is 0 Å². The highest BCUT2D eigenvalue weighted by molar-refractivity contribution is 7.99. The van der Waals surface area contributed by atoms with Gasteiger partial charge in [0, 0.05) is 14.1 Å². The van der Waals surface area contributed by atoms with Crippen molar-refractivity contribution in [3.63, 3.8) is 0 Å². The van der Waals surface area contributed by atoms with E-state index in [-0.39, 0.29) is 5.91 Å². The van der Waals surface area contributed by atoms with Gasteiger partial charge in [-0.2, -0.15) is 0 Å². The molecule has 2 N–H and O–H groups in total. The molecule has 5 heteroatoms. The second-order valence-corrected chi connectivity index (χ2v) is 4.69. The minimum absolute atomic E-state index is 0.108. The normalized spacial score (nSPS) is 10.6. The fourth-order valence-electron chi connectivity index (χ4n) is 1.31. The fourth-order valence-corrected chi connectivity index (χ4v) is 2.20. The van der Waals surface area contributed by atoms with E-state index in [9.17, 15) is 4.79 Å². The molecule has 84 valence electrons. The lowest BCUT2D eigenvalue weighted by Crippen LogP contribution is -2.23. The molecule has 0 saturated carbocycles. The molecule has 2 aromatic rings. The number of hydrogen-bond donors (Lipinski definition) is 1. The number of aromatic nitrogens is 2. The van der Waals surface area contributed by atoms with E-state index in [4.69, 9.17) is 0 Å².